The van der Waals surface area contributed by atoms with E-state index in [0.29, 0.717) is 16.0 Å². The summed E-state index contributed by atoms with van der Waals surface area (Å²) in [6.07, 6.45) is 1.22. The highest BCUT2D eigenvalue weighted by molar-refractivity contribution is 9.10. The Labute approximate surface area is 233 Å². The van der Waals surface area contributed by atoms with Crippen LogP contribution in [0.4, 0.5) is 5.69 Å². The number of ether oxygens (including phenoxy) is 1. The molecule has 1 aromatic carbocycles. The molecule has 0 aliphatic carbocycles. The maximum atomic E-state index is 13.5. The number of pyridine rings is 1. The van der Waals surface area contributed by atoms with Gasteiger partial charge in [0.1, 0.15) is 11.8 Å². The van der Waals surface area contributed by atoms with E-state index < -0.39 is 28.2 Å². The number of carbonyl (C=O) groups excluding carboxylic acids is 2. The molecule has 0 saturated carbocycles. The lowest BCUT2D eigenvalue weighted by atomic mass is 10.1. The molecular formula is C23H22BrCl2N5O5S. The van der Waals surface area contributed by atoms with Crippen LogP contribution >= 0.6 is 39.1 Å². The number of benzene rings is 1. The van der Waals surface area contributed by atoms with E-state index in [1.807, 2.05) is 0 Å². The van der Waals surface area contributed by atoms with Gasteiger partial charge < -0.3 is 20.5 Å². The van der Waals surface area contributed by atoms with E-state index in [1.165, 1.54) is 29.1 Å². The minimum atomic E-state index is -0.931. The highest BCUT2D eigenvalue weighted by atomic mass is 79.9. The first kappa shape index (κ1) is 27.5. The van der Waals surface area contributed by atoms with Crippen LogP contribution in [-0.4, -0.2) is 65.6 Å². The van der Waals surface area contributed by atoms with Gasteiger partial charge in [0.15, 0.2) is 5.82 Å². The zero-order valence-corrected chi connectivity index (χ0v) is 23.5. The Kier molecular flexibility index (Phi) is 8.24. The van der Waals surface area contributed by atoms with Crippen molar-refractivity contribution in [1.29, 1.82) is 0 Å². The van der Waals surface area contributed by atoms with Crippen LogP contribution < -0.4 is 15.4 Å². The molecular weight excluding hydrogens is 609 g/mol. The number of nitrogens with one attached hydrogen (secondary N) is 2. The van der Waals surface area contributed by atoms with Crippen molar-refractivity contribution in [3.63, 3.8) is 0 Å². The molecule has 1 saturated heterocycles. The largest absolute Gasteiger partial charge is 0.471 e. The molecule has 0 spiro atoms. The molecule has 4 rings (SSSR count). The van der Waals surface area contributed by atoms with Gasteiger partial charge in [0, 0.05) is 32.6 Å². The van der Waals surface area contributed by atoms with Crippen LogP contribution in [-0.2, 0) is 10.8 Å². The minimum Gasteiger partial charge on any atom is -0.471 e. The van der Waals surface area contributed by atoms with E-state index in [2.05, 4.69) is 36.6 Å². The third kappa shape index (κ3) is 6.32. The zero-order valence-electron chi connectivity index (χ0n) is 19.6. The fourth-order valence-corrected chi connectivity index (χ4v) is 5.33. The summed E-state index contributed by atoms with van der Waals surface area (Å²) < 4.78 is 18.8. The average Bonchev–Trinajstić information content (AvgIpc) is 3.23. The van der Waals surface area contributed by atoms with Crippen molar-refractivity contribution >= 4 is 67.4 Å². The number of rotatable bonds is 8. The molecule has 196 valence electrons. The van der Waals surface area contributed by atoms with Crippen LogP contribution in [0.5, 0.6) is 5.88 Å². The normalized spacial score (nSPS) is 17.1. The number of nitrogens with zero attached hydrogens (tertiary/aromatic N) is 3. The molecule has 2 aromatic heterocycles. The number of anilines is 1. The molecule has 1 aliphatic rings. The second-order valence-corrected chi connectivity index (χ2v) is 12.1. The van der Waals surface area contributed by atoms with E-state index in [9.17, 15) is 18.9 Å². The molecule has 0 bridgehead atoms. The summed E-state index contributed by atoms with van der Waals surface area (Å²) in [5, 5.41) is 19.8. The maximum Gasteiger partial charge on any atom is 0.274 e. The van der Waals surface area contributed by atoms with Crippen LogP contribution in [0, 0.1) is 0 Å². The third-order valence-electron chi connectivity index (χ3n) is 5.28. The lowest BCUT2D eigenvalue weighted by Gasteiger charge is -2.24. The highest BCUT2D eigenvalue weighted by Crippen LogP contribution is 2.32. The molecule has 3 heterocycles. The van der Waals surface area contributed by atoms with E-state index >= 15 is 0 Å². The van der Waals surface area contributed by atoms with Crippen LogP contribution in [0.2, 0.25) is 10.0 Å². The van der Waals surface area contributed by atoms with Crippen molar-refractivity contribution in [3.8, 4) is 11.7 Å². The SMILES string of the molecule is CC(C)(CO)NC(=O)c1cc(Cl)cc(Br)c1NC(=O)c1cc(OC2CS(=O)C2)nn1-c1ncccc1Cl. The Morgan fingerprint density at radius 3 is 2.65 bits per heavy atom. The molecule has 0 atom stereocenters. The Bertz CT molecular complexity index is 1390. The summed E-state index contributed by atoms with van der Waals surface area (Å²) in [6, 6.07) is 7.59. The monoisotopic (exact) mass is 629 g/mol. The first-order chi connectivity index (χ1) is 17.5. The van der Waals surface area contributed by atoms with E-state index in [4.69, 9.17) is 27.9 Å². The molecule has 1 aliphatic heterocycles. The Balaban J connectivity index is 1.71. The molecule has 14 heteroatoms. The van der Waals surface area contributed by atoms with Crippen molar-refractivity contribution in [3.05, 3.63) is 62.3 Å². The summed E-state index contributed by atoms with van der Waals surface area (Å²) in [5.41, 5.74) is -0.666. The average molecular weight is 631 g/mol. The van der Waals surface area contributed by atoms with Gasteiger partial charge in [-0.2, -0.15) is 0 Å². The van der Waals surface area contributed by atoms with Gasteiger partial charge in [0.05, 0.1) is 39.9 Å². The quantitative estimate of drug-likeness (QED) is 0.346. The number of aliphatic hydroxyl groups excluding tert-OH is 1. The minimum absolute atomic E-state index is 0.0277. The van der Waals surface area contributed by atoms with Gasteiger partial charge >= 0.3 is 0 Å². The van der Waals surface area contributed by atoms with Crippen molar-refractivity contribution in [1.82, 2.24) is 20.1 Å². The van der Waals surface area contributed by atoms with Gasteiger partial charge in [-0.3, -0.25) is 13.8 Å². The predicted octanol–water partition coefficient (Wildman–Crippen LogP) is 3.60. The van der Waals surface area contributed by atoms with Crippen molar-refractivity contribution in [2.45, 2.75) is 25.5 Å². The van der Waals surface area contributed by atoms with Crippen molar-refractivity contribution in [2.24, 2.45) is 0 Å². The van der Waals surface area contributed by atoms with Crippen LogP contribution in [0.1, 0.15) is 34.7 Å². The molecule has 3 aromatic rings. The number of amides is 2. The first-order valence-corrected chi connectivity index (χ1v) is 14.0. The third-order valence-corrected chi connectivity index (χ3v) is 7.90. The molecule has 0 unspecified atom stereocenters. The Hall–Kier alpha value is -2.51. The first-order valence-electron chi connectivity index (χ1n) is 10.9. The molecule has 10 nitrogen and oxygen atoms in total. The van der Waals surface area contributed by atoms with Gasteiger partial charge in [-0.05, 0) is 54.0 Å². The smallest absolute Gasteiger partial charge is 0.274 e. The van der Waals surface area contributed by atoms with Crippen LogP contribution in [0.15, 0.2) is 41.0 Å². The maximum absolute atomic E-state index is 13.5. The van der Waals surface area contributed by atoms with Crippen LogP contribution in [0.25, 0.3) is 5.82 Å². The molecule has 37 heavy (non-hydrogen) atoms. The zero-order chi connectivity index (χ0) is 26.9. The summed E-state index contributed by atoms with van der Waals surface area (Å²) in [7, 11) is -0.931. The van der Waals surface area contributed by atoms with E-state index in [0.717, 1.165) is 0 Å². The lowest BCUT2D eigenvalue weighted by molar-refractivity contribution is 0.0870. The Morgan fingerprint density at radius 2 is 2.00 bits per heavy atom. The fraction of sp³-hybridized carbons (Fsp3) is 0.304. The van der Waals surface area contributed by atoms with Crippen molar-refractivity contribution in [2.75, 3.05) is 23.4 Å². The van der Waals surface area contributed by atoms with Gasteiger partial charge in [-0.25, -0.2) is 9.67 Å². The standard InChI is InChI=1S/C23H22BrCl2N5O5S/c1-23(2,11-32)29-21(33)14-6-12(25)7-15(24)19(14)28-22(34)17-8-18(36-13-9-37(35)10-13)30-31(17)20-16(26)4-3-5-27-20/h3-8,13,32H,9-11H2,1-2H3,(H,28,34)(H,29,33). The summed E-state index contributed by atoms with van der Waals surface area (Å²) in [6.45, 7) is 3.00. The number of carbonyl (C=O) groups is 2. The van der Waals surface area contributed by atoms with Gasteiger partial charge in [-0.1, -0.05) is 23.2 Å². The topological polar surface area (TPSA) is 135 Å². The number of halogens is 3. The highest BCUT2D eigenvalue weighted by Gasteiger charge is 2.30. The Morgan fingerprint density at radius 1 is 1.27 bits per heavy atom. The number of aliphatic hydroxyl groups is 1. The van der Waals surface area contributed by atoms with Crippen molar-refractivity contribution < 1.29 is 23.6 Å². The van der Waals surface area contributed by atoms with Gasteiger partial charge in [0.2, 0.25) is 5.88 Å². The molecule has 1 fully saturated rings. The summed E-state index contributed by atoms with van der Waals surface area (Å²) >= 11 is 15.9. The molecule has 2 amide bonds. The van der Waals surface area contributed by atoms with Gasteiger partial charge in [-0.15, -0.1) is 5.10 Å². The number of hydrogen-bond donors (Lipinski definition) is 3. The van der Waals surface area contributed by atoms with E-state index in [-0.39, 0.29) is 51.4 Å². The molecule has 3 N–H and O–H groups in total. The lowest BCUT2D eigenvalue weighted by Crippen LogP contribution is -2.46. The fourth-order valence-electron chi connectivity index (χ4n) is 3.35. The second kappa shape index (κ2) is 11.1. The number of aromatic nitrogens is 3. The van der Waals surface area contributed by atoms with Crippen LogP contribution in [0.3, 0.4) is 0 Å². The predicted molar refractivity (Wildman–Crippen MR) is 144 cm³/mol. The second-order valence-electron chi connectivity index (χ2n) is 8.86. The summed E-state index contributed by atoms with van der Waals surface area (Å²) in [5.74, 6) is -0.121. The van der Waals surface area contributed by atoms with E-state index in [1.54, 1.807) is 26.0 Å². The molecule has 0 radical (unpaired) electrons. The van der Waals surface area contributed by atoms with Gasteiger partial charge in [0.25, 0.3) is 11.8 Å². The number of hydrogen-bond acceptors (Lipinski definition) is 7. The summed E-state index contributed by atoms with van der Waals surface area (Å²) in [4.78, 5) is 30.8.